The summed E-state index contributed by atoms with van der Waals surface area (Å²) in [5, 5.41) is 8.53. The van der Waals surface area contributed by atoms with Crippen molar-refractivity contribution in [2.75, 3.05) is 5.73 Å². The quantitative estimate of drug-likeness (QED) is 0.726. The highest BCUT2D eigenvalue weighted by Crippen LogP contribution is 2.28. The molecule has 7 heteroatoms. The van der Waals surface area contributed by atoms with Crippen LogP contribution in [0.3, 0.4) is 0 Å². The average Bonchev–Trinajstić information content (AvgIpc) is 2.97. The van der Waals surface area contributed by atoms with Gasteiger partial charge < -0.3 is 10.3 Å². The second-order valence-corrected chi connectivity index (χ2v) is 4.49. The van der Waals surface area contributed by atoms with Crippen molar-refractivity contribution in [3.05, 3.63) is 35.6 Å². The minimum atomic E-state index is 0.355. The van der Waals surface area contributed by atoms with Gasteiger partial charge in [0.25, 0.3) is 5.89 Å². The molecule has 2 aromatic heterocycles. The molecular formula is C12H10ClN5O. The van der Waals surface area contributed by atoms with E-state index in [1.54, 1.807) is 35.3 Å². The maximum absolute atomic E-state index is 5.88. The Balaban J connectivity index is 2.01. The summed E-state index contributed by atoms with van der Waals surface area (Å²) in [5.74, 6) is 0.825. The van der Waals surface area contributed by atoms with Gasteiger partial charge in [-0.05, 0) is 18.2 Å². The minimum absolute atomic E-state index is 0.355. The fourth-order valence-corrected chi connectivity index (χ4v) is 1.90. The molecule has 2 N–H and O–H groups in total. The maximum Gasteiger partial charge on any atom is 0.260 e. The lowest BCUT2D eigenvalue weighted by atomic mass is 10.2. The minimum Gasteiger partial charge on any atom is -0.398 e. The lowest BCUT2D eigenvalue weighted by molar-refractivity contribution is 0.432. The van der Waals surface area contributed by atoms with Gasteiger partial charge in [-0.15, -0.1) is 0 Å². The zero-order valence-electron chi connectivity index (χ0n) is 10.0. The second-order valence-electron chi connectivity index (χ2n) is 4.06. The Morgan fingerprint density at radius 1 is 1.37 bits per heavy atom. The van der Waals surface area contributed by atoms with Crippen molar-refractivity contribution in [3.63, 3.8) is 0 Å². The number of hydrogen-bond acceptors (Lipinski definition) is 5. The zero-order chi connectivity index (χ0) is 13.4. The third kappa shape index (κ3) is 2.17. The number of nitrogens with zero attached hydrogens (tertiary/aromatic N) is 4. The van der Waals surface area contributed by atoms with Crippen molar-refractivity contribution in [3.8, 4) is 22.8 Å². The first-order chi connectivity index (χ1) is 9.13. The van der Waals surface area contributed by atoms with E-state index in [0.29, 0.717) is 28.0 Å². The zero-order valence-corrected chi connectivity index (χ0v) is 10.8. The van der Waals surface area contributed by atoms with Crippen LogP contribution in [0, 0.1) is 0 Å². The summed E-state index contributed by atoms with van der Waals surface area (Å²) in [5.41, 5.74) is 7.81. The van der Waals surface area contributed by atoms with Gasteiger partial charge in [0.05, 0.1) is 17.3 Å². The fraction of sp³-hybridized carbons (Fsp3) is 0.0833. The molecule has 0 saturated heterocycles. The van der Waals surface area contributed by atoms with Crippen LogP contribution < -0.4 is 5.73 Å². The number of anilines is 1. The largest absolute Gasteiger partial charge is 0.398 e. The number of nitrogen functional groups attached to an aromatic ring is 1. The molecule has 0 atom stereocenters. The summed E-state index contributed by atoms with van der Waals surface area (Å²) in [4.78, 5) is 4.30. The number of rotatable bonds is 2. The molecule has 6 nitrogen and oxygen atoms in total. The van der Waals surface area contributed by atoms with Crippen LogP contribution in [0.15, 0.2) is 35.1 Å². The number of nitrogens with two attached hydrogens (primary N) is 1. The lowest BCUT2D eigenvalue weighted by Gasteiger charge is -1.99. The van der Waals surface area contributed by atoms with Crippen molar-refractivity contribution in [1.82, 2.24) is 19.9 Å². The molecule has 0 aliphatic heterocycles. The molecule has 96 valence electrons. The van der Waals surface area contributed by atoms with E-state index in [1.165, 1.54) is 0 Å². The summed E-state index contributed by atoms with van der Waals surface area (Å²) < 4.78 is 6.88. The van der Waals surface area contributed by atoms with Gasteiger partial charge in [0.15, 0.2) is 0 Å². The van der Waals surface area contributed by atoms with Crippen LogP contribution in [0.25, 0.3) is 22.8 Å². The van der Waals surface area contributed by atoms with Gasteiger partial charge in [-0.1, -0.05) is 16.8 Å². The van der Waals surface area contributed by atoms with Crippen molar-refractivity contribution < 1.29 is 4.52 Å². The van der Waals surface area contributed by atoms with Gasteiger partial charge in [0.1, 0.15) is 0 Å². The Morgan fingerprint density at radius 2 is 2.21 bits per heavy atom. The number of benzene rings is 1. The Hall–Kier alpha value is -2.34. The molecule has 0 bridgehead atoms. The third-order valence-corrected chi connectivity index (χ3v) is 2.87. The van der Waals surface area contributed by atoms with E-state index in [9.17, 15) is 0 Å². The first kappa shape index (κ1) is 11.7. The Morgan fingerprint density at radius 3 is 2.89 bits per heavy atom. The van der Waals surface area contributed by atoms with Crippen molar-refractivity contribution in [1.29, 1.82) is 0 Å². The van der Waals surface area contributed by atoms with Crippen LogP contribution in [0.5, 0.6) is 0 Å². The fourth-order valence-electron chi connectivity index (χ4n) is 1.72. The van der Waals surface area contributed by atoms with Gasteiger partial charge in [-0.25, -0.2) is 0 Å². The molecule has 0 unspecified atom stereocenters. The van der Waals surface area contributed by atoms with E-state index in [1.807, 2.05) is 7.05 Å². The predicted octanol–water partition coefficient (Wildman–Crippen LogP) is 2.37. The van der Waals surface area contributed by atoms with E-state index < -0.39 is 0 Å². The molecule has 1 aromatic carbocycles. The molecule has 0 fully saturated rings. The van der Waals surface area contributed by atoms with E-state index in [-0.39, 0.29) is 0 Å². The number of aryl methyl sites for hydroxylation is 1. The molecular weight excluding hydrogens is 266 g/mol. The van der Waals surface area contributed by atoms with Crippen LogP contribution >= 0.6 is 11.6 Å². The van der Waals surface area contributed by atoms with Crippen molar-refractivity contribution in [2.24, 2.45) is 7.05 Å². The predicted molar refractivity (Wildman–Crippen MR) is 71.4 cm³/mol. The first-order valence-corrected chi connectivity index (χ1v) is 5.89. The standard InChI is InChI=1S/C12H10ClN5O/c1-18-6-7(5-15-18)11-16-12(19-17-11)9-3-2-8(13)4-10(9)14/h2-6H,14H2,1H3. The lowest BCUT2D eigenvalue weighted by Crippen LogP contribution is -1.90. The molecule has 0 saturated carbocycles. The van der Waals surface area contributed by atoms with E-state index in [4.69, 9.17) is 21.9 Å². The van der Waals surface area contributed by atoms with Crippen molar-refractivity contribution >= 4 is 17.3 Å². The molecule has 2 heterocycles. The highest BCUT2D eigenvalue weighted by atomic mass is 35.5. The molecule has 0 aliphatic carbocycles. The van der Waals surface area contributed by atoms with E-state index in [0.717, 1.165) is 5.56 Å². The summed E-state index contributed by atoms with van der Waals surface area (Å²) in [6.07, 6.45) is 3.47. The van der Waals surface area contributed by atoms with Crippen LogP contribution in [0.1, 0.15) is 0 Å². The van der Waals surface area contributed by atoms with Crippen LogP contribution in [-0.2, 0) is 7.05 Å². The van der Waals surface area contributed by atoms with Gasteiger partial charge in [0, 0.05) is 24.0 Å². The number of aromatic nitrogens is 4. The SMILES string of the molecule is Cn1cc(-c2noc(-c3ccc(Cl)cc3N)n2)cn1. The summed E-state index contributed by atoms with van der Waals surface area (Å²) in [6, 6.07) is 5.12. The van der Waals surface area contributed by atoms with Gasteiger partial charge in [0.2, 0.25) is 5.82 Å². The number of hydrogen-bond donors (Lipinski definition) is 1. The monoisotopic (exact) mass is 275 g/mol. The van der Waals surface area contributed by atoms with E-state index in [2.05, 4.69) is 15.2 Å². The molecule has 0 aliphatic rings. The summed E-state index contributed by atoms with van der Waals surface area (Å²) in [6.45, 7) is 0. The highest BCUT2D eigenvalue weighted by molar-refractivity contribution is 6.31. The summed E-state index contributed by atoms with van der Waals surface area (Å²) in [7, 11) is 1.82. The van der Waals surface area contributed by atoms with Gasteiger partial charge >= 0.3 is 0 Å². The van der Waals surface area contributed by atoms with Gasteiger partial charge in [-0.3, -0.25) is 4.68 Å². The average molecular weight is 276 g/mol. The highest BCUT2D eigenvalue weighted by Gasteiger charge is 2.14. The Kier molecular flexibility index (Phi) is 2.72. The molecule has 0 amide bonds. The molecule has 19 heavy (non-hydrogen) atoms. The molecule has 3 aromatic rings. The Labute approximate surface area is 113 Å². The normalized spacial score (nSPS) is 10.8. The third-order valence-electron chi connectivity index (χ3n) is 2.63. The van der Waals surface area contributed by atoms with Crippen molar-refractivity contribution in [2.45, 2.75) is 0 Å². The first-order valence-electron chi connectivity index (χ1n) is 5.51. The maximum atomic E-state index is 5.88. The number of halogens is 1. The van der Waals surface area contributed by atoms with E-state index >= 15 is 0 Å². The van der Waals surface area contributed by atoms with Crippen LogP contribution in [-0.4, -0.2) is 19.9 Å². The van der Waals surface area contributed by atoms with Gasteiger partial charge in [-0.2, -0.15) is 10.1 Å². The molecule has 0 radical (unpaired) electrons. The van der Waals surface area contributed by atoms with Crippen LogP contribution in [0.2, 0.25) is 5.02 Å². The summed E-state index contributed by atoms with van der Waals surface area (Å²) >= 11 is 5.85. The molecule has 0 spiro atoms. The van der Waals surface area contributed by atoms with Crippen LogP contribution in [0.4, 0.5) is 5.69 Å². The topological polar surface area (TPSA) is 82.8 Å². The second kappa shape index (κ2) is 4.40. The Bertz CT molecular complexity index is 733. The molecule has 3 rings (SSSR count). The smallest absolute Gasteiger partial charge is 0.260 e.